The molecule has 7 nitrogen and oxygen atoms in total. The fourth-order valence-corrected chi connectivity index (χ4v) is 5.06. The molecule has 2 aliphatic rings. The van der Waals surface area contributed by atoms with Crippen LogP contribution in [-0.2, 0) is 10.3 Å². The lowest BCUT2D eigenvalue weighted by atomic mass is 9.74. The van der Waals surface area contributed by atoms with Crippen LogP contribution in [0.3, 0.4) is 0 Å². The Balaban J connectivity index is 0.00000167. The number of nitrogens with one attached hydrogen (secondary N) is 1. The van der Waals surface area contributed by atoms with Crippen molar-refractivity contribution in [3.05, 3.63) is 59.2 Å². The number of nitrogens with zero attached hydrogens (tertiary/aromatic N) is 3. The summed E-state index contributed by atoms with van der Waals surface area (Å²) >= 11 is 1.23. The van der Waals surface area contributed by atoms with Gasteiger partial charge in [0.25, 0.3) is 11.8 Å². The molecular formula is C24H22F3N5O2S. The van der Waals surface area contributed by atoms with Crippen LogP contribution in [0.25, 0.3) is 0 Å². The zero-order chi connectivity index (χ0) is 25.8. The van der Waals surface area contributed by atoms with Gasteiger partial charge in [-0.05, 0) is 36.8 Å². The zero-order valence-electron chi connectivity index (χ0n) is 18.7. The number of thioether (sulfide) groups is 1. The molecule has 0 aliphatic carbocycles. The number of aromatic nitrogens is 1. The van der Waals surface area contributed by atoms with E-state index in [9.17, 15) is 13.6 Å². The van der Waals surface area contributed by atoms with Gasteiger partial charge in [0, 0.05) is 36.0 Å². The van der Waals surface area contributed by atoms with Crippen LogP contribution in [0.1, 0.15) is 35.0 Å². The summed E-state index contributed by atoms with van der Waals surface area (Å²) in [5.41, 5.74) is 5.41. The number of hydrogen-bond acceptors (Lipinski definition) is 7. The number of benzene rings is 1. The Hall–Kier alpha value is -3.54. The Bertz CT molecular complexity index is 1190. The number of anilines is 1. The zero-order valence-corrected chi connectivity index (χ0v) is 19.5. The molecule has 0 spiro atoms. The first kappa shape index (κ1) is 26.1. The molecule has 2 aromatic rings. The number of aliphatic imine (C=N–C) groups is 1. The average molecular weight is 502 g/mol. The highest BCUT2D eigenvalue weighted by atomic mass is 32.2. The van der Waals surface area contributed by atoms with Crippen molar-refractivity contribution in [2.24, 2.45) is 16.6 Å². The molecule has 182 valence electrons. The van der Waals surface area contributed by atoms with Crippen molar-refractivity contribution in [3.8, 4) is 18.9 Å². The van der Waals surface area contributed by atoms with E-state index in [1.54, 1.807) is 0 Å². The lowest BCUT2D eigenvalue weighted by molar-refractivity contribution is -0.170. The number of fused-ring (bicyclic) bond motifs is 1. The Morgan fingerprint density at radius 3 is 2.74 bits per heavy atom. The monoisotopic (exact) mass is 501 g/mol. The van der Waals surface area contributed by atoms with Crippen LogP contribution in [-0.4, -0.2) is 40.4 Å². The lowest BCUT2D eigenvalue weighted by Gasteiger charge is -2.47. The van der Waals surface area contributed by atoms with Crippen LogP contribution >= 0.6 is 11.8 Å². The Morgan fingerprint density at radius 2 is 2.11 bits per heavy atom. The second kappa shape index (κ2) is 10.4. The Kier molecular flexibility index (Phi) is 7.73. The first-order valence-electron chi connectivity index (χ1n) is 10.4. The van der Waals surface area contributed by atoms with Gasteiger partial charge in [-0.3, -0.25) is 4.79 Å². The van der Waals surface area contributed by atoms with Crippen LogP contribution in [0, 0.1) is 35.9 Å². The predicted molar refractivity (Wildman–Crippen MR) is 127 cm³/mol. The van der Waals surface area contributed by atoms with E-state index in [1.165, 1.54) is 48.3 Å². The first-order valence-corrected chi connectivity index (χ1v) is 11.4. The third-order valence-corrected chi connectivity index (χ3v) is 6.76. The standard InChI is InChI=1S/C22H20F3N5O2S.C2H2/c1-21(24,25)18-6-13-10-33-20(27)30-22(13,11-32-18)15-7-14(3-4-16(15)23)29-19(31)17-5-2-12(8-26)9-28-17;1-2/h2-5,7,9,13,18H,6,10-11H2,1H3,(H2,27,30)(H,29,31);1-2H. The van der Waals surface area contributed by atoms with Gasteiger partial charge < -0.3 is 15.8 Å². The van der Waals surface area contributed by atoms with E-state index in [1.807, 2.05) is 6.07 Å². The van der Waals surface area contributed by atoms with Gasteiger partial charge in [0.2, 0.25) is 0 Å². The second-order valence-electron chi connectivity index (χ2n) is 8.07. The summed E-state index contributed by atoms with van der Waals surface area (Å²) in [6.45, 7) is 0.532. The summed E-state index contributed by atoms with van der Waals surface area (Å²) in [5, 5.41) is 11.7. The Labute approximate surface area is 205 Å². The Morgan fingerprint density at radius 1 is 1.37 bits per heavy atom. The molecule has 1 amide bonds. The number of rotatable bonds is 4. The fraction of sp³-hybridized carbons (Fsp3) is 0.333. The molecule has 1 aromatic carbocycles. The SMILES string of the molecule is C#C.CC(F)(F)C1CC2CSC(N)=NC2(c2cc(NC(=O)c3ccc(C#N)cn3)ccc2F)CO1. The van der Waals surface area contributed by atoms with Crippen LogP contribution in [0.4, 0.5) is 18.9 Å². The number of alkyl halides is 2. The van der Waals surface area contributed by atoms with E-state index in [-0.39, 0.29) is 35.1 Å². The van der Waals surface area contributed by atoms with E-state index in [2.05, 4.69) is 28.1 Å². The van der Waals surface area contributed by atoms with Crippen molar-refractivity contribution in [2.75, 3.05) is 17.7 Å². The van der Waals surface area contributed by atoms with E-state index in [4.69, 9.17) is 15.7 Å². The maximum atomic E-state index is 15.0. The molecule has 0 radical (unpaired) electrons. The number of pyridine rings is 1. The maximum absolute atomic E-state index is 15.0. The highest BCUT2D eigenvalue weighted by Gasteiger charge is 2.53. The highest BCUT2D eigenvalue weighted by molar-refractivity contribution is 8.13. The first-order chi connectivity index (χ1) is 16.6. The van der Waals surface area contributed by atoms with E-state index >= 15 is 4.39 Å². The molecule has 1 saturated heterocycles. The van der Waals surface area contributed by atoms with Gasteiger partial charge in [0.1, 0.15) is 29.2 Å². The van der Waals surface area contributed by atoms with Gasteiger partial charge in [-0.2, -0.15) is 5.26 Å². The van der Waals surface area contributed by atoms with Crippen LogP contribution in [0.15, 0.2) is 41.5 Å². The number of amidine groups is 1. The van der Waals surface area contributed by atoms with Gasteiger partial charge in [-0.15, -0.1) is 12.8 Å². The second-order valence-corrected chi connectivity index (χ2v) is 9.11. The van der Waals surface area contributed by atoms with E-state index in [0.29, 0.717) is 11.3 Å². The van der Waals surface area contributed by atoms with Crippen molar-refractivity contribution >= 4 is 28.5 Å². The number of carbonyl (C=O) groups excluding carboxylic acids is 1. The van der Waals surface area contributed by atoms with Gasteiger partial charge >= 0.3 is 0 Å². The summed E-state index contributed by atoms with van der Waals surface area (Å²) in [4.78, 5) is 21.0. The molecule has 35 heavy (non-hydrogen) atoms. The van der Waals surface area contributed by atoms with Crippen molar-refractivity contribution in [3.63, 3.8) is 0 Å². The summed E-state index contributed by atoms with van der Waals surface area (Å²) in [6.07, 6.45) is 7.95. The lowest BCUT2D eigenvalue weighted by Crippen LogP contribution is -2.53. The number of amides is 1. The van der Waals surface area contributed by atoms with Crippen molar-refractivity contribution < 1.29 is 22.7 Å². The molecule has 3 atom stereocenters. The quantitative estimate of drug-likeness (QED) is 0.614. The molecule has 2 aliphatic heterocycles. The van der Waals surface area contributed by atoms with Crippen LogP contribution in [0.2, 0.25) is 0 Å². The topological polar surface area (TPSA) is 113 Å². The van der Waals surface area contributed by atoms with Gasteiger partial charge in [0.05, 0.1) is 12.2 Å². The van der Waals surface area contributed by atoms with Crippen LogP contribution in [0.5, 0.6) is 0 Å². The third-order valence-electron chi connectivity index (χ3n) is 5.80. The minimum absolute atomic E-state index is 0.0154. The highest BCUT2D eigenvalue weighted by Crippen LogP contribution is 2.49. The summed E-state index contributed by atoms with van der Waals surface area (Å²) in [7, 11) is 0. The number of nitriles is 1. The van der Waals surface area contributed by atoms with Crippen molar-refractivity contribution in [1.29, 1.82) is 5.26 Å². The molecule has 1 aromatic heterocycles. The summed E-state index contributed by atoms with van der Waals surface area (Å²) in [6, 6.07) is 8.75. The number of halogens is 3. The fourth-order valence-electron chi connectivity index (χ4n) is 4.05. The number of terminal acetylenes is 1. The molecule has 11 heteroatoms. The molecular weight excluding hydrogens is 479 g/mol. The van der Waals surface area contributed by atoms with Gasteiger partial charge in [-0.25, -0.2) is 23.1 Å². The third kappa shape index (κ3) is 5.42. The smallest absolute Gasteiger partial charge is 0.274 e. The number of nitrogens with two attached hydrogens (primary N) is 1. The molecule has 3 heterocycles. The number of hydrogen-bond donors (Lipinski definition) is 2. The van der Waals surface area contributed by atoms with Gasteiger partial charge in [-0.1, -0.05) is 11.8 Å². The maximum Gasteiger partial charge on any atom is 0.274 e. The molecule has 0 bridgehead atoms. The molecule has 3 unspecified atom stereocenters. The average Bonchev–Trinajstić information content (AvgIpc) is 2.85. The summed E-state index contributed by atoms with van der Waals surface area (Å²) in [5.74, 6) is -4.27. The summed E-state index contributed by atoms with van der Waals surface area (Å²) < 4.78 is 48.4. The molecule has 0 saturated carbocycles. The van der Waals surface area contributed by atoms with Crippen LogP contribution < -0.4 is 11.1 Å². The molecule has 1 fully saturated rings. The van der Waals surface area contributed by atoms with Gasteiger partial charge in [0.15, 0.2) is 5.17 Å². The molecule has 3 N–H and O–H groups in total. The largest absolute Gasteiger partial charge is 0.379 e. The van der Waals surface area contributed by atoms with Crippen molar-refractivity contribution in [1.82, 2.24) is 4.98 Å². The normalized spacial score (nSPS) is 23.5. The minimum Gasteiger partial charge on any atom is -0.379 e. The van der Waals surface area contributed by atoms with E-state index < -0.39 is 35.2 Å². The van der Waals surface area contributed by atoms with Crippen molar-refractivity contribution in [2.45, 2.75) is 30.9 Å². The number of carbonyl (C=O) groups is 1. The predicted octanol–water partition coefficient (Wildman–Crippen LogP) is 3.91. The molecule has 4 rings (SSSR count). The number of ether oxygens (including phenoxy) is 1. The van der Waals surface area contributed by atoms with E-state index in [0.717, 1.165) is 6.92 Å². The minimum atomic E-state index is -3.05.